The fourth-order valence-electron chi connectivity index (χ4n) is 5.10. The van der Waals surface area contributed by atoms with Crippen LogP contribution in [-0.2, 0) is 21.9 Å². The maximum Gasteiger partial charge on any atom is 0.229 e. The number of likely N-dealkylation sites (tertiary alicyclic amines) is 1. The van der Waals surface area contributed by atoms with E-state index in [1.165, 1.54) is 23.1 Å². The van der Waals surface area contributed by atoms with E-state index in [9.17, 15) is 8.42 Å². The third-order valence-corrected chi connectivity index (χ3v) is 7.28. The van der Waals surface area contributed by atoms with Crippen LogP contribution in [0.2, 0.25) is 0 Å². The lowest BCUT2D eigenvalue weighted by Crippen LogP contribution is -2.45. The zero-order chi connectivity index (χ0) is 21.6. The molecule has 0 amide bonds. The van der Waals surface area contributed by atoms with Gasteiger partial charge in [0.1, 0.15) is 11.0 Å². The quantitative estimate of drug-likeness (QED) is 0.651. The Kier molecular flexibility index (Phi) is 4.90. The minimum atomic E-state index is -3.29. The van der Waals surface area contributed by atoms with Crippen molar-refractivity contribution in [1.29, 1.82) is 0 Å². The molecule has 1 spiro atoms. The molecule has 0 radical (unpaired) electrons. The summed E-state index contributed by atoms with van der Waals surface area (Å²) < 4.78 is 30.8. The zero-order valence-corrected chi connectivity index (χ0v) is 18.7. The molecule has 0 bridgehead atoms. The standard InChI is InChI=1S/C22H27N5O3S/c1-26-15-22(18-14-17(4-6-21(18)26)25-31(2,28)29)8-11-27(12-9-22)10-7-16-3-5-19-20(13-16)24-30-23-19/h3-6,13-14,25H,7-12,15H2,1-2H3. The fraction of sp³-hybridized carbons (Fsp3) is 0.455. The van der Waals surface area contributed by atoms with Crippen molar-refractivity contribution < 1.29 is 13.0 Å². The number of nitrogens with one attached hydrogen (secondary N) is 1. The highest BCUT2D eigenvalue weighted by Crippen LogP contribution is 2.47. The van der Waals surface area contributed by atoms with E-state index >= 15 is 0 Å². The van der Waals surface area contributed by atoms with Crippen molar-refractivity contribution in [1.82, 2.24) is 15.2 Å². The molecule has 1 saturated heterocycles. The van der Waals surface area contributed by atoms with Crippen LogP contribution in [-0.4, -0.2) is 63.1 Å². The third-order valence-electron chi connectivity index (χ3n) is 6.67. The molecule has 9 heteroatoms. The first-order valence-corrected chi connectivity index (χ1v) is 12.5. The van der Waals surface area contributed by atoms with Gasteiger partial charge >= 0.3 is 0 Å². The first kappa shape index (κ1) is 20.3. The normalized spacial score (nSPS) is 18.6. The van der Waals surface area contributed by atoms with E-state index in [0.29, 0.717) is 5.69 Å². The van der Waals surface area contributed by atoms with Gasteiger partial charge in [-0.05, 0) is 84.1 Å². The zero-order valence-electron chi connectivity index (χ0n) is 17.8. The van der Waals surface area contributed by atoms with Gasteiger partial charge in [0.05, 0.1) is 6.26 Å². The van der Waals surface area contributed by atoms with E-state index < -0.39 is 10.0 Å². The number of anilines is 2. The summed E-state index contributed by atoms with van der Waals surface area (Å²) in [5, 5.41) is 7.80. The number of aromatic nitrogens is 2. The predicted molar refractivity (Wildman–Crippen MR) is 121 cm³/mol. The molecule has 0 unspecified atom stereocenters. The van der Waals surface area contributed by atoms with Crippen LogP contribution in [0.1, 0.15) is 24.0 Å². The topological polar surface area (TPSA) is 91.6 Å². The van der Waals surface area contributed by atoms with Gasteiger partial charge in [0.2, 0.25) is 10.0 Å². The number of hydrogen-bond acceptors (Lipinski definition) is 7. The number of sulfonamides is 1. The van der Waals surface area contributed by atoms with Gasteiger partial charge in [-0.25, -0.2) is 13.0 Å². The summed E-state index contributed by atoms with van der Waals surface area (Å²) in [6, 6.07) is 12.0. The average molecular weight is 442 g/mol. The monoisotopic (exact) mass is 441 g/mol. The van der Waals surface area contributed by atoms with Crippen LogP contribution in [0.25, 0.3) is 11.0 Å². The fourth-order valence-corrected chi connectivity index (χ4v) is 5.65. The Bertz CT molecular complexity index is 1210. The number of likely N-dealkylation sites (N-methyl/N-ethyl adjacent to an activating group) is 1. The molecule has 1 aromatic heterocycles. The second kappa shape index (κ2) is 7.49. The van der Waals surface area contributed by atoms with Crippen molar-refractivity contribution in [2.45, 2.75) is 24.7 Å². The summed E-state index contributed by atoms with van der Waals surface area (Å²) in [6.07, 6.45) is 4.30. The molecular weight excluding hydrogens is 414 g/mol. The Morgan fingerprint density at radius 3 is 2.65 bits per heavy atom. The van der Waals surface area contributed by atoms with Crippen molar-refractivity contribution in [2.24, 2.45) is 0 Å². The highest BCUT2D eigenvalue weighted by Gasteiger charge is 2.43. The lowest BCUT2D eigenvalue weighted by molar-refractivity contribution is 0.168. The van der Waals surface area contributed by atoms with E-state index in [1.54, 1.807) is 0 Å². The maximum atomic E-state index is 11.7. The molecule has 2 aliphatic heterocycles. The van der Waals surface area contributed by atoms with E-state index in [-0.39, 0.29) is 5.41 Å². The van der Waals surface area contributed by atoms with Gasteiger partial charge in [-0.2, -0.15) is 0 Å². The molecule has 8 nitrogen and oxygen atoms in total. The van der Waals surface area contributed by atoms with Crippen LogP contribution < -0.4 is 9.62 Å². The van der Waals surface area contributed by atoms with Crippen molar-refractivity contribution >= 4 is 32.4 Å². The van der Waals surface area contributed by atoms with Crippen LogP contribution in [0.15, 0.2) is 41.0 Å². The van der Waals surface area contributed by atoms with E-state index in [2.05, 4.69) is 44.0 Å². The Morgan fingerprint density at radius 1 is 1.10 bits per heavy atom. The third kappa shape index (κ3) is 3.99. The predicted octanol–water partition coefficient (Wildman–Crippen LogP) is 2.62. The van der Waals surface area contributed by atoms with Crippen LogP contribution in [0.3, 0.4) is 0 Å². The van der Waals surface area contributed by atoms with Crippen LogP contribution in [0, 0.1) is 0 Å². The summed E-state index contributed by atoms with van der Waals surface area (Å²) in [6.45, 7) is 4.05. The number of nitrogens with zero attached hydrogens (tertiary/aromatic N) is 4. The number of benzene rings is 2. The van der Waals surface area contributed by atoms with Gasteiger partial charge in [0.15, 0.2) is 0 Å². The van der Waals surface area contributed by atoms with Gasteiger partial charge in [-0.1, -0.05) is 6.07 Å². The van der Waals surface area contributed by atoms with Gasteiger partial charge in [-0.3, -0.25) is 4.72 Å². The number of piperidine rings is 1. The van der Waals surface area contributed by atoms with Crippen LogP contribution in [0.5, 0.6) is 0 Å². The number of fused-ring (bicyclic) bond motifs is 3. The first-order chi connectivity index (χ1) is 14.8. The van der Waals surface area contributed by atoms with E-state index in [1.807, 2.05) is 24.3 Å². The highest BCUT2D eigenvalue weighted by molar-refractivity contribution is 7.92. The molecule has 0 atom stereocenters. The molecule has 2 aliphatic rings. The van der Waals surface area contributed by atoms with Gasteiger partial charge < -0.3 is 9.80 Å². The van der Waals surface area contributed by atoms with Crippen molar-refractivity contribution in [3.8, 4) is 0 Å². The van der Waals surface area contributed by atoms with Crippen LogP contribution in [0.4, 0.5) is 11.4 Å². The van der Waals surface area contributed by atoms with Crippen LogP contribution >= 0.6 is 0 Å². The highest BCUT2D eigenvalue weighted by atomic mass is 32.2. The SMILES string of the molecule is CN1CC2(CCN(CCc3ccc4nonc4c3)CC2)c2cc(NS(C)(=O)=O)ccc21. The summed E-state index contributed by atoms with van der Waals surface area (Å²) >= 11 is 0. The lowest BCUT2D eigenvalue weighted by Gasteiger charge is -2.40. The first-order valence-electron chi connectivity index (χ1n) is 10.6. The summed E-state index contributed by atoms with van der Waals surface area (Å²) in [7, 11) is -1.17. The molecule has 31 heavy (non-hydrogen) atoms. The van der Waals surface area contributed by atoms with Gasteiger partial charge in [-0.15, -0.1) is 0 Å². The molecule has 2 aromatic carbocycles. The largest absolute Gasteiger partial charge is 0.373 e. The summed E-state index contributed by atoms with van der Waals surface area (Å²) in [5.41, 5.74) is 6.05. The second-order valence-corrected chi connectivity index (χ2v) is 10.7. The molecule has 3 heterocycles. The molecular formula is C22H27N5O3S. The maximum absolute atomic E-state index is 11.7. The Balaban J connectivity index is 1.27. The smallest absolute Gasteiger partial charge is 0.229 e. The summed E-state index contributed by atoms with van der Waals surface area (Å²) in [5.74, 6) is 0. The summed E-state index contributed by atoms with van der Waals surface area (Å²) in [4.78, 5) is 4.82. The van der Waals surface area contributed by atoms with Gasteiger partial charge in [0.25, 0.3) is 0 Å². The second-order valence-electron chi connectivity index (χ2n) is 8.92. The Labute approximate surface area is 182 Å². The number of rotatable bonds is 5. The minimum absolute atomic E-state index is 0.0844. The van der Waals surface area contributed by atoms with Crippen molar-refractivity contribution in [2.75, 3.05) is 49.1 Å². The number of hydrogen-bond donors (Lipinski definition) is 1. The molecule has 164 valence electrons. The average Bonchev–Trinajstić information content (AvgIpc) is 3.29. The minimum Gasteiger partial charge on any atom is -0.373 e. The molecule has 1 N–H and O–H groups in total. The van der Waals surface area contributed by atoms with Gasteiger partial charge in [0, 0.05) is 36.9 Å². The Morgan fingerprint density at radius 2 is 1.87 bits per heavy atom. The van der Waals surface area contributed by atoms with E-state index in [0.717, 1.165) is 56.5 Å². The van der Waals surface area contributed by atoms with Crippen molar-refractivity contribution in [3.63, 3.8) is 0 Å². The molecule has 0 aliphatic carbocycles. The Hall–Kier alpha value is -2.65. The molecule has 0 saturated carbocycles. The molecule has 5 rings (SSSR count). The molecule has 3 aromatic rings. The van der Waals surface area contributed by atoms with Crippen molar-refractivity contribution in [3.05, 3.63) is 47.5 Å². The lowest BCUT2D eigenvalue weighted by atomic mass is 9.74. The molecule has 1 fully saturated rings. The van der Waals surface area contributed by atoms with E-state index in [4.69, 9.17) is 4.63 Å².